The molecule has 0 saturated carbocycles. The van der Waals surface area contributed by atoms with E-state index in [9.17, 15) is 8.78 Å². The Morgan fingerprint density at radius 3 is 2.39 bits per heavy atom. The second-order valence-corrected chi connectivity index (χ2v) is 3.99. The highest BCUT2D eigenvalue weighted by Crippen LogP contribution is 2.26. The standard InChI is InChI=1S/C14H14F2N2/c15-14(16)11-6-7-13(12(17)8-11)18-9-10-4-2-1-3-5-10/h1-8,14,18H,9,17H2. The summed E-state index contributed by atoms with van der Waals surface area (Å²) in [6.07, 6.45) is -2.49. The summed E-state index contributed by atoms with van der Waals surface area (Å²) in [6, 6.07) is 14.1. The number of nitrogens with one attached hydrogen (secondary N) is 1. The lowest BCUT2D eigenvalue weighted by atomic mass is 10.1. The van der Waals surface area contributed by atoms with E-state index >= 15 is 0 Å². The predicted octanol–water partition coefficient (Wildman–Crippen LogP) is 3.82. The molecule has 2 aromatic carbocycles. The minimum Gasteiger partial charge on any atom is -0.397 e. The van der Waals surface area contributed by atoms with Crippen molar-refractivity contribution in [2.24, 2.45) is 0 Å². The zero-order chi connectivity index (χ0) is 13.0. The Balaban J connectivity index is 2.06. The number of nitrogen functional groups attached to an aromatic ring is 1. The van der Waals surface area contributed by atoms with Crippen molar-refractivity contribution in [2.45, 2.75) is 13.0 Å². The summed E-state index contributed by atoms with van der Waals surface area (Å²) in [7, 11) is 0. The van der Waals surface area contributed by atoms with Gasteiger partial charge in [-0.05, 0) is 17.7 Å². The highest BCUT2D eigenvalue weighted by Gasteiger charge is 2.08. The maximum Gasteiger partial charge on any atom is 0.263 e. The molecule has 0 amide bonds. The number of nitrogens with two attached hydrogens (primary N) is 1. The summed E-state index contributed by atoms with van der Waals surface area (Å²) in [5.41, 5.74) is 7.78. The van der Waals surface area contributed by atoms with Gasteiger partial charge >= 0.3 is 0 Å². The minimum absolute atomic E-state index is 0.0576. The molecule has 2 rings (SSSR count). The number of alkyl halides is 2. The average Bonchev–Trinajstić information content (AvgIpc) is 2.38. The van der Waals surface area contributed by atoms with Gasteiger partial charge in [-0.2, -0.15) is 0 Å². The molecule has 0 aliphatic carbocycles. The zero-order valence-corrected chi connectivity index (χ0v) is 9.74. The Kier molecular flexibility index (Phi) is 3.77. The van der Waals surface area contributed by atoms with Gasteiger partial charge in [-0.15, -0.1) is 0 Å². The molecule has 0 saturated heterocycles. The molecule has 0 fully saturated rings. The summed E-state index contributed by atoms with van der Waals surface area (Å²) in [4.78, 5) is 0. The topological polar surface area (TPSA) is 38.0 Å². The first-order valence-electron chi connectivity index (χ1n) is 5.62. The van der Waals surface area contributed by atoms with Gasteiger partial charge in [-0.1, -0.05) is 36.4 Å². The third-order valence-electron chi connectivity index (χ3n) is 2.65. The molecule has 3 N–H and O–H groups in total. The van der Waals surface area contributed by atoms with Crippen molar-refractivity contribution < 1.29 is 8.78 Å². The fourth-order valence-electron chi connectivity index (χ4n) is 1.67. The third-order valence-corrected chi connectivity index (χ3v) is 2.65. The Morgan fingerprint density at radius 2 is 1.78 bits per heavy atom. The smallest absolute Gasteiger partial charge is 0.263 e. The van der Waals surface area contributed by atoms with Crippen LogP contribution >= 0.6 is 0 Å². The fraction of sp³-hybridized carbons (Fsp3) is 0.143. The second kappa shape index (κ2) is 5.49. The van der Waals surface area contributed by atoms with E-state index in [1.165, 1.54) is 12.1 Å². The molecular formula is C14H14F2N2. The van der Waals surface area contributed by atoms with Crippen LogP contribution in [0.5, 0.6) is 0 Å². The van der Waals surface area contributed by atoms with Crippen LogP contribution in [0.3, 0.4) is 0 Å². The van der Waals surface area contributed by atoms with Crippen molar-refractivity contribution in [3.63, 3.8) is 0 Å². The monoisotopic (exact) mass is 248 g/mol. The Labute approximate surface area is 104 Å². The zero-order valence-electron chi connectivity index (χ0n) is 9.74. The molecule has 0 atom stereocenters. The molecule has 0 spiro atoms. The Morgan fingerprint density at radius 1 is 1.06 bits per heavy atom. The van der Waals surface area contributed by atoms with E-state index in [1.54, 1.807) is 6.07 Å². The summed E-state index contributed by atoms with van der Waals surface area (Å²) < 4.78 is 24.9. The van der Waals surface area contributed by atoms with E-state index < -0.39 is 6.43 Å². The Hall–Kier alpha value is -2.10. The van der Waals surface area contributed by atoms with Crippen LogP contribution in [0.4, 0.5) is 20.2 Å². The van der Waals surface area contributed by atoms with E-state index in [0.717, 1.165) is 5.56 Å². The van der Waals surface area contributed by atoms with Crippen molar-refractivity contribution in [3.8, 4) is 0 Å². The molecule has 0 unspecified atom stereocenters. The van der Waals surface area contributed by atoms with Gasteiger partial charge < -0.3 is 11.1 Å². The van der Waals surface area contributed by atoms with E-state index in [4.69, 9.17) is 5.73 Å². The van der Waals surface area contributed by atoms with Crippen molar-refractivity contribution in [1.29, 1.82) is 0 Å². The highest BCUT2D eigenvalue weighted by molar-refractivity contribution is 5.67. The molecule has 18 heavy (non-hydrogen) atoms. The maximum absolute atomic E-state index is 12.5. The summed E-state index contributed by atoms with van der Waals surface area (Å²) in [5.74, 6) is 0. The average molecular weight is 248 g/mol. The van der Waals surface area contributed by atoms with Gasteiger partial charge in [0.2, 0.25) is 0 Å². The minimum atomic E-state index is -2.49. The van der Waals surface area contributed by atoms with Gasteiger partial charge in [-0.25, -0.2) is 8.78 Å². The van der Waals surface area contributed by atoms with E-state index in [0.29, 0.717) is 17.9 Å². The van der Waals surface area contributed by atoms with Gasteiger partial charge in [0.25, 0.3) is 6.43 Å². The first-order valence-corrected chi connectivity index (χ1v) is 5.62. The molecular weight excluding hydrogens is 234 g/mol. The van der Waals surface area contributed by atoms with Gasteiger partial charge in [0.05, 0.1) is 11.4 Å². The molecule has 4 heteroatoms. The molecule has 94 valence electrons. The van der Waals surface area contributed by atoms with Crippen LogP contribution < -0.4 is 11.1 Å². The van der Waals surface area contributed by atoms with Crippen LogP contribution in [-0.4, -0.2) is 0 Å². The number of halogens is 2. The fourth-order valence-corrected chi connectivity index (χ4v) is 1.67. The van der Waals surface area contributed by atoms with Crippen LogP contribution in [0.15, 0.2) is 48.5 Å². The molecule has 0 radical (unpaired) electrons. The molecule has 0 heterocycles. The van der Waals surface area contributed by atoms with Crippen LogP contribution in [-0.2, 0) is 6.54 Å². The molecule has 0 aromatic heterocycles. The number of benzene rings is 2. The summed E-state index contributed by atoms with van der Waals surface area (Å²) in [6.45, 7) is 0.610. The van der Waals surface area contributed by atoms with Crippen LogP contribution in [0, 0.1) is 0 Å². The molecule has 2 aromatic rings. The highest BCUT2D eigenvalue weighted by atomic mass is 19.3. The van der Waals surface area contributed by atoms with Crippen LogP contribution in [0.1, 0.15) is 17.6 Å². The number of anilines is 2. The lowest BCUT2D eigenvalue weighted by molar-refractivity contribution is 0.151. The molecule has 0 bridgehead atoms. The van der Waals surface area contributed by atoms with Gasteiger partial charge in [0.1, 0.15) is 0 Å². The number of hydrogen-bond acceptors (Lipinski definition) is 2. The first-order chi connectivity index (χ1) is 8.66. The number of hydrogen-bond donors (Lipinski definition) is 2. The first kappa shape index (κ1) is 12.4. The normalized spacial score (nSPS) is 10.6. The van der Waals surface area contributed by atoms with Gasteiger partial charge in [0, 0.05) is 12.1 Å². The van der Waals surface area contributed by atoms with E-state index in [1.807, 2.05) is 30.3 Å². The van der Waals surface area contributed by atoms with Crippen LogP contribution in [0.25, 0.3) is 0 Å². The summed E-state index contributed by atoms with van der Waals surface area (Å²) >= 11 is 0. The molecule has 0 aliphatic rings. The maximum atomic E-state index is 12.5. The van der Waals surface area contributed by atoms with Crippen molar-refractivity contribution in [3.05, 3.63) is 59.7 Å². The molecule has 2 nitrogen and oxygen atoms in total. The quantitative estimate of drug-likeness (QED) is 0.807. The van der Waals surface area contributed by atoms with Gasteiger partial charge in [-0.3, -0.25) is 0 Å². The second-order valence-electron chi connectivity index (χ2n) is 3.99. The van der Waals surface area contributed by atoms with E-state index in [-0.39, 0.29) is 5.56 Å². The lowest BCUT2D eigenvalue weighted by Crippen LogP contribution is -2.03. The van der Waals surface area contributed by atoms with Crippen molar-refractivity contribution in [2.75, 3.05) is 11.1 Å². The SMILES string of the molecule is Nc1cc(C(F)F)ccc1NCc1ccccc1. The van der Waals surface area contributed by atoms with Gasteiger partial charge in [0.15, 0.2) is 0 Å². The number of rotatable bonds is 4. The van der Waals surface area contributed by atoms with Crippen molar-refractivity contribution in [1.82, 2.24) is 0 Å². The van der Waals surface area contributed by atoms with E-state index in [2.05, 4.69) is 5.32 Å². The predicted molar refractivity (Wildman–Crippen MR) is 69.6 cm³/mol. The largest absolute Gasteiger partial charge is 0.397 e. The van der Waals surface area contributed by atoms with Crippen molar-refractivity contribution >= 4 is 11.4 Å². The van der Waals surface area contributed by atoms with Crippen LogP contribution in [0.2, 0.25) is 0 Å². The molecule has 0 aliphatic heterocycles. The summed E-state index contributed by atoms with van der Waals surface area (Å²) in [5, 5.41) is 3.13. The lowest BCUT2D eigenvalue weighted by Gasteiger charge is -2.10. The Bertz CT molecular complexity index is 512. The third kappa shape index (κ3) is 2.97.